The Labute approximate surface area is 144 Å². The Balaban J connectivity index is 1.71. The zero-order valence-electron chi connectivity index (χ0n) is 13.6. The molecule has 3 rings (SSSR count). The molecule has 0 aliphatic carbocycles. The molecule has 25 heavy (non-hydrogen) atoms. The van der Waals surface area contributed by atoms with Crippen LogP contribution in [0.3, 0.4) is 0 Å². The molecule has 1 aromatic carbocycles. The van der Waals surface area contributed by atoms with Gasteiger partial charge >= 0.3 is 0 Å². The standard InChI is InChI=1S/C19H16N2O4/c1-13(22)19(23)16-8-5-10-18(21-16)25-15-7-4-6-14(12-15)24-17-9-2-3-11-20-17/h2-9,11-12,18H,10H2,1H3. The van der Waals surface area contributed by atoms with E-state index in [2.05, 4.69) is 9.98 Å². The molecule has 2 heterocycles. The van der Waals surface area contributed by atoms with Crippen LogP contribution in [-0.4, -0.2) is 28.5 Å². The molecular weight excluding hydrogens is 320 g/mol. The Morgan fingerprint density at radius 1 is 1.12 bits per heavy atom. The van der Waals surface area contributed by atoms with Gasteiger partial charge in [0.05, 0.1) is 0 Å². The molecule has 0 spiro atoms. The lowest BCUT2D eigenvalue weighted by atomic mass is 10.1. The Kier molecular flexibility index (Phi) is 4.99. The van der Waals surface area contributed by atoms with E-state index in [1.54, 1.807) is 54.7 Å². The molecular formula is C19H16N2O4. The average molecular weight is 336 g/mol. The number of allylic oxidation sites excluding steroid dienone is 1. The number of benzene rings is 1. The van der Waals surface area contributed by atoms with Crippen molar-refractivity contribution >= 4 is 17.3 Å². The monoisotopic (exact) mass is 336 g/mol. The second kappa shape index (κ2) is 7.53. The van der Waals surface area contributed by atoms with Crippen LogP contribution in [0.2, 0.25) is 0 Å². The molecule has 0 N–H and O–H groups in total. The quantitative estimate of drug-likeness (QED) is 0.757. The summed E-state index contributed by atoms with van der Waals surface area (Å²) in [6.45, 7) is 1.22. The van der Waals surface area contributed by atoms with Gasteiger partial charge in [-0.15, -0.1) is 0 Å². The molecule has 0 saturated carbocycles. The van der Waals surface area contributed by atoms with E-state index in [-0.39, 0.29) is 5.71 Å². The summed E-state index contributed by atoms with van der Waals surface area (Å²) in [7, 11) is 0. The van der Waals surface area contributed by atoms with Gasteiger partial charge in [0.1, 0.15) is 17.2 Å². The number of hydrogen-bond acceptors (Lipinski definition) is 6. The first-order chi connectivity index (χ1) is 12.1. The zero-order valence-corrected chi connectivity index (χ0v) is 13.6. The van der Waals surface area contributed by atoms with Gasteiger partial charge in [-0.3, -0.25) is 9.59 Å². The minimum Gasteiger partial charge on any atom is -0.468 e. The molecule has 1 aliphatic heterocycles. The minimum absolute atomic E-state index is 0.115. The topological polar surface area (TPSA) is 77.9 Å². The van der Waals surface area contributed by atoms with Crippen LogP contribution in [0.15, 0.2) is 65.8 Å². The molecule has 6 heteroatoms. The Hall–Kier alpha value is -3.28. The fraction of sp³-hybridized carbons (Fsp3) is 0.158. The molecule has 0 radical (unpaired) electrons. The second-order valence-corrected chi connectivity index (χ2v) is 5.36. The highest BCUT2D eigenvalue weighted by atomic mass is 16.5. The highest BCUT2D eigenvalue weighted by molar-refractivity contribution is 6.67. The largest absolute Gasteiger partial charge is 0.468 e. The van der Waals surface area contributed by atoms with E-state index in [1.165, 1.54) is 6.92 Å². The molecule has 1 unspecified atom stereocenters. The molecule has 1 aromatic heterocycles. The van der Waals surface area contributed by atoms with Gasteiger partial charge in [-0.2, -0.15) is 0 Å². The summed E-state index contributed by atoms with van der Waals surface area (Å²) in [5.74, 6) is 0.442. The van der Waals surface area contributed by atoms with Crippen molar-refractivity contribution in [1.82, 2.24) is 4.98 Å². The maximum Gasteiger partial charge on any atom is 0.246 e. The summed E-state index contributed by atoms with van der Waals surface area (Å²) >= 11 is 0. The van der Waals surface area contributed by atoms with Gasteiger partial charge in [-0.1, -0.05) is 18.2 Å². The zero-order chi connectivity index (χ0) is 17.6. The number of ether oxygens (including phenoxy) is 2. The molecule has 0 saturated heterocycles. The smallest absolute Gasteiger partial charge is 0.246 e. The van der Waals surface area contributed by atoms with Crippen LogP contribution in [0.1, 0.15) is 13.3 Å². The van der Waals surface area contributed by atoms with Crippen molar-refractivity contribution in [1.29, 1.82) is 0 Å². The highest BCUT2D eigenvalue weighted by Gasteiger charge is 2.20. The lowest BCUT2D eigenvalue weighted by Gasteiger charge is -2.17. The number of Topliss-reactive ketones (excluding diaryl/α,β-unsaturated/α-hetero) is 2. The molecule has 0 bridgehead atoms. The number of ketones is 2. The lowest BCUT2D eigenvalue weighted by molar-refractivity contribution is -0.131. The third-order valence-electron chi connectivity index (χ3n) is 3.39. The van der Waals surface area contributed by atoms with Crippen LogP contribution in [0, 0.1) is 0 Å². The first kappa shape index (κ1) is 16.6. The molecule has 0 fully saturated rings. The van der Waals surface area contributed by atoms with Crippen LogP contribution >= 0.6 is 0 Å². The van der Waals surface area contributed by atoms with E-state index in [1.807, 2.05) is 6.07 Å². The Morgan fingerprint density at radius 3 is 2.72 bits per heavy atom. The van der Waals surface area contributed by atoms with Gasteiger partial charge in [-0.05, 0) is 24.3 Å². The van der Waals surface area contributed by atoms with Crippen molar-refractivity contribution in [2.24, 2.45) is 4.99 Å². The van der Waals surface area contributed by atoms with Crippen LogP contribution in [-0.2, 0) is 9.59 Å². The summed E-state index contributed by atoms with van der Waals surface area (Å²) in [5, 5.41) is 0. The molecule has 0 amide bonds. The molecule has 1 aliphatic rings. The number of dihydropyridines is 1. The van der Waals surface area contributed by atoms with Crippen molar-refractivity contribution in [3.8, 4) is 17.4 Å². The average Bonchev–Trinajstić information content (AvgIpc) is 2.62. The number of carbonyl (C=O) groups is 2. The fourth-order valence-electron chi connectivity index (χ4n) is 2.23. The Morgan fingerprint density at radius 2 is 1.96 bits per heavy atom. The van der Waals surface area contributed by atoms with E-state index in [4.69, 9.17) is 9.47 Å². The van der Waals surface area contributed by atoms with Crippen molar-refractivity contribution in [2.45, 2.75) is 19.6 Å². The molecule has 126 valence electrons. The predicted octanol–water partition coefficient (Wildman–Crippen LogP) is 3.14. The van der Waals surface area contributed by atoms with Gasteiger partial charge in [0.15, 0.2) is 6.23 Å². The number of pyridine rings is 1. The number of nitrogens with zero attached hydrogens (tertiary/aromatic N) is 2. The molecule has 6 nitrogen and oxygen atoms in total. The van der Waals surface area contributed by atoms with Gasteiger partial charge in [-0.25, -0.2) is 9.98 Å². The van der Waals surface area contributed by atoms with Crippen LogP contribution < -0.4 is 9.47 Å². The van der Waals surface area contributed by atoms with Gasteiger partial charge < -0.3 is 9.47 Å². The van der Waals surface area contributed by atoms with Crippen molar-refractivity contribution in [3.63, 3.8) is 0 Å². The highest BCUT2D eigenvalue weighted by Crippen LogP contribution is 2.25. The van der Waals surface area contributed by atoms with E-state index in [9.17, 15) is 9.59 Å². The maximum atomic E-state index is 11.7. The van der Waals surface area contributed by atoms with Crippen molar-refractivity contribution < 1.29 is 19.1 Å². The predicted molar refractivity (Wildman–Crippen MR) is 92.0 cm³/mol. The number of rotatable bonds is 6. The number of carbonyl (C=O) groups excluding carboxylic acids is 2. The van der Waals surface area contributed by atoms with Crippen molar-refractivity contribution in [2.75, 3.05) is 0 Å². The van der Waals surface area contributed by atoms with E-state index in [0.717, 1.165) is 0 Å². The molecule has 1 atom stereocenters. The minimum atomic E-state index is -0.614. The van der Waals surface area contributed by atoms with E-state index in [0.29, 0.717) is 23.8 Å². The Bertz CT molecular complexity index is 844. The van der Waals surface area contributed by atoms with E-state index < -0.39 is 17.8 Å². The van der Waals surface area contributed by atoms with Crippen molar-refractivity contribution in [3.05, 3.63) is 60.8 Å². The van der Waals surface area contributed by atoms with E-state index >= 15 is 0 Å². The van der Waals surface area contributed by atoms with Crippen LogP contribution in [0.25, 0.3) is 0 Å². The normalized spacial score (nSPS) is 16.0. The summed E-state index contributed by atoms with van der Waals surface area (Å²) in [6.07, 6.45) is 4.91. The number of aliphatic imine (C=N–C) groups is 1. The van der Waals surface area contributed by atoms with Gasteiger partial charge in [0.2, 0.25) is 17.4 Å². The summed E-state index contributed by atoms with van der Waals surface area (Å²) < 4.78 is 11.5. The third kappa shape index (κ3) is 4.38. The summed E-state index contributed by atoms with van der Waals surface area (Å²) in [5.41, 5.74) is 0.115. The summed E-state index contributed by atoms with van der Waals surface area (Å²) in [6, 6.07) is 12.5. The fourth-order valence-corrected chi connectivity index (χ4v) is 2.23. The first-order valence-corrected chi connectivity index (χ1v) is 7.77. The number of hydrogen-bond donors (Lipinski definition) is 0. The SMILES string of the molecule is CC(=O)C(=O)C1=NC(Oc2cccc(Oc3ccccn3)c2)CC=C1. The second-order valence-electron chi connectivity index (χ2n) is 5.36. The lowest BCUT2D eigenvalue weighted by Crippen LogP contribution is -2.26. The number of aromatic nitrogens is 1. The van der Waals surface area contributed by atoms with Crippen LogP contribution in [0.5, 0.6) is 17.4 Å². The summed E-state index contributed by atoms with van der Waals surface area (Å²) in [4.78, 5) is 31.2. The third-order valence-corrected chi connectivity index (χ3v) is 3.39. The van der Waals surface area contributed by atoms with Gasteiger partial charge in [0, 0.05) is 31.7 Å². The first-order valence-electron chi connectivity index (χ1n) is 7.77. The van der Waals surface area contributed by atoms with Gasteiger partial charge in [0.25, 0.3) is 0 Å². The van der Waals surface area contributed by atoms with Crippen LogP contribution in [0.4, 0.5) is 0 Å². The maximum absolute atomic E-state index is 11.7. The molecule has 2 aromatic rings.